The monoisotopic (exact) mass is 312 g/mol. The molecule has 2 heteroatoms. The minimum Gasteiger partial charge on any atom is -0.399 e. The van der Waals surface area contributed by atoms with Gasteiger partial charge in [-0.3, -0.25) is 0 Å². The smallest absolute Gasteiger partial charge is 0.0639 e. The van der Waals surface area contributed by atoms with E-state index in [4.69, 9.17) is 11.5 Å². The molecule has 3 aromatic rings. The molecule has 0 spiro atoms. The number of hydrogen-bond acceptors (Lipinski definition) is 2. The van der Waals surface area contributed by atoms with E-state index < -0.39 is 5.54 Å². The molecule has 2 nitrogen and oxygen atoms in total. The van der Waals surface area contributed by atoms with Crippen molar-refractivity contribution in [3.63, 3.8) is 0 Å². The van der Waals surface area contributed by atoms with Gasteiger partial charge in [-0.1, -0.05) is 72.8 Å². The predicted octanol–water partition coefficient (Wildman–Crippen LogP) is 4.62. The van der Waals surface area contributed by atoms with Crippen LogP contribution in [0.2, 0.25) is 0 Å². The second-order valence-corrected chi connectivity index (χ2v) is 6.39. The fourth-order valence-electron chi connectivity index (χ4n) is 3.37. The zero-order chi connectivity index (χ0) is 16.6. The number of nitrogen functional groups attached to an aromatic ring is 1. The molecule has 24 heavy (non-hydrogen) atoms. The Morgan fingerprint density at radius 1 is 0.833 bits per heavy atom. The van der Waals surface area contributed by atoms with E-state index in [0.717, 1.165) is 12.1 Å². The van der Waals surface area contributed by atoms with Crippen LogP contribution in [0.3, 0.4) is 0 Å². The molecule has 118 valence electrons. The van der Waals surface area contributed by atoms with Gasteiger partial charge in [-0.15, -0.1) is 0 Å². The molecule has 0 heterocycles. The second kappa shape index (κ2) is 5.66. The standard InChI is InChI=1S/C22H20N2/c23-19-10-8-16(9-11-19)17-12-14-22(24,15-13-17)21-7-3-5-18-4-1-2-6-20(18)21/h1-14H,15,23-24H2. The summed E-state index contributed by atoms with van der Waals surface area (Å²) in [5, 5.41) is 2.44. The van der Waals surface area contributed by atoms with E-state index in [1.807, 2.05) is 24.3 Å². The van der Waals surface area contributed by atoms with Crippen molar-refractivity contribution in [3.8, 4) is 0 Å². The van der Waals surface area contributed by atoms with Crippen LogP contribution in [0.15, 0.2) is 85.0 Å². The van der Waals surface area contributed by atoms with Crippen LogP contribution in [0, 0.1) is 0 Å². The molecule has 0 bridgehead atoms. The zero-order valence-electron chi connectivity index (χ0n) is 13.4. The Hall–Kier alpha value is -2.84. The molecule has 4 N–H and O–H groups in total. The largest absolute Gasteiger partial charge is 0.399 e. The maximum absolute atomic E-state index is 6.76. The highest BCUT2D eigenvalue weighted by Gasteiger charge is 2.27. The molecule has 0 aliphatic heterocycles. The Bertz CT molecular complexity index is 946. The molecule has 0 saturated heterocycles. The van der Waals surface area contributed by atoms with Crippen LogP contribution in [0.1, 0.15) is 17.5 Å². The lowest BCUT2D eigenvalue weighted by Crippen LogP contribution is -2.35. The zero-order valence-corrected chi connectivity index (χ0v) is 13.4. The van der Waals surface area contributed by atoms with E-state index in [1.54, 1.807) is 0 Å². The first-order valence-electron chi connectivity index (χ1n) is 8.18. The van der Waals surface area contributed by atoms with E-state index in [9.17, 15) is 0 Å². The van der Waals surface area contributed by atoms with Crippen molar-refractivity contribution in [1.29, 1.82) is 0 Å². The highest BCUT2D eigenvalue weighted by atomic mass is 14.7. The summed E-state index contributed by atoms with van der Waals surface area (Å²) in [5.41, 5.74) is 16.4. The molecule has 0 fully saturated rings. The number of nitrogens with two attached hydrogens (primary N) is 2. The summed E-state index contributed by atoms with van der Waals surface area (Å²) in [5.74, 6) is 0. The van der Waals surface area contributed by atoms with Crippen molar-refractivity contribution in [2.45, 2.75) is 12.0 Å². The van der Waals surface area contributed by atoms with Crippen LogP contribution >= 0.6 is 0 Å². The quantitative estimate of drug-likeness (QED) is 0.678. The van der Waals surface area contributed by atoms with Gasteiger partial charge in [-0.05, 0) is 46.0 Å². The minimum absolute atomic E-state index is 0.474. The summed E-state index contributed by atoms with van der Waals surface area (Å²) in [4.78, 5) is 0. The molecule has 0 aromatic heterocycles. The topological polar surface area (TPSA) is 52.0 Å². The van der Waals surface area contributed by atoms with E-state index in [2.05, 4.69) is 60.7 Å². The van der Waals surface area contributed by atoms with Gasteiger partial charge >= 0.3 is 0 Å². The van der Waals surface area contributed by atoms with Crippen molar-refractivity contribution >= 4 is 22.0 Å². The Morgan fingerprint density at radius 2 is 1.58 bits per heavy atom. The van der Waals surface area contributed by atoms with Crippen LogP contribution in [0.5, 0.6) is 0 Å². The first-order valence-corrected chi connectivity index (χ1v) is 8.18. The van der Waals surface area contributed by atoms with E-state index in [-0.39, 0.29) is 0 Å². The van der Waals surface area contributed by atoms with Crippen LogP contribution in [-0.4, -0.2) is 0 Å². The third kappa shape index (κ3) is 2.51. The van der Waals surface area contributed by atoms with Gasteiger partial charge in [0.05, 0.1) is 5.54 Å². The summed E-state index contributed by atoms with van der Waals surface area (Å²) in [6.45, 7) is 0. The Labute approximate surface area is 142 Å². The van der Waals surface area contributed by atoms with Crippen molar-refractivity contribution in [1.82, 2.24) is 0 Å². The van der Waals surface area contributed by atoms with E-state index in [1.165, 1.54) is 27.5 Å². The van der Waals surface area contributed by atoms with Crippen LogP contribution in [-0.2, 0) is 5.54 Å². The molecule has 1 unspecified atom stereocenters. The summed E-state index contributed by atoms with van der Waals surface area (Å²) in [6, 6.07) is 22.7. The minimum atomic E-state index is -0.474. The normalized spacial score (nSPS) is 20.1. The van der Waals surface area contributed by atoms with E-state index in [0.29, 0.717) is 0 Å². The lowest BCUT2D eigenvalue weighted by atomic mass is 9.80. The molecule has 1 aliphatic rings. The van der Waals surface area contributed by atoms with Gasteiger partial charge in [0.15, 0.2) is 0 Å². The van der Waals surface area contributed by atoms with Crippen LogP contribution in [0.4, 0.5) is 5.69 Å². The Balaban J connectivity index is 1.71. The summed E-state index contributed by atoms with van der Waals surface area (Å²) in [6.07, 6.45) is 7.24. The van der Waals surface area contributed by atoms with Crippen molar-refractivity contribution in [2.24, 2.45) is 5.73 Å². The van der Waals surface area contributed by atoms with Gasteiger partial charge in [0.2, 0.25) is 0 Å². The molecule has 1 aliphatic carbocycles. The van der Waals surface area contributed by atoms with E-state index >= 15 is 0 Å². The fraction of sp³-hybridized carbons (Fsp3) is 0.0909. The van der Waals surface area contributed by atoms with Gasteiger partial charge in [-0.25, -0.2) is 0 Å². The first kappa shape index (κ1) is 14.7. The number of hydrogen-bond donors (Lipinski definition) is 2. The van der Waals surface area contributed by atoms with Gasteiger partial charge in [0.1, 0.15) is 0 Å². The fourth-order valence-corrected chi connectivity index (χ4v) is 3.37. The lowest BCUT2D eigenvalue weighted by molar-refractivity contribution is 0.572. The molecular formula is C22H20N2. The maximum Gasteiger partial charge on any atom is 0.0639 e. The van der Waals surface area contributed by atoms with Gasteiger partial charge in [0.25, 0.3) is 0 Å². The second-order valence-electron chi connectivity index (χ2n) is 6.39. The summed E-state index contributed by atoms with van der Waals surface area (Å²) < 4.78 is 0. The first-order chi connectivity index (χ1) is 11.7. The van der Waals surface area contributed by atoms with Gasteiger partial charge < -0.3 is 11.5 Å². The molecular weight excluding hydrogens is 292 g/mol. The number of benzene rings is 3. The average molecular weight is 312 g/mol. The van der Waals surface area contributed by atoms with Crippen LogP contribution in [0.25, 0.3) is 16.3 Å². The molecule has 4 rings (SSSR count). The molecule has 0 amide bonds. The number of anilines is 1. The highest BCUT2D eigenvalue weighted by molar-refractivity contribution is 5.87. The summed E-state index contributed by atoms with van der Waals surface area (Å²) >= 11 is 0. The molecule has 0 radical (unpaired) electrons. The number of fused-ring (bicyclic) bond motifs is 1. The number of allylic oxidation sites excluding steroid dienone is 2. The average Bonchev–Trinajstić information content (AvgIpc) is 2.63. The molecule has 1 atom stereocenters. The predicted molar refractivity (Wildman–Crippen MR) is 102 cm³/mol. The molecule has 0 saturated carbocycles. The third-order valence-electron chi connectivity index (χ3n) is 4.76. The van der Waals surface area contributed by atoms with Gasteiger partial charge in [0, 0.05) is 5.69 Å². The highest BCUT2D eigenvalue weighted by Crippen LogP contribution is 2.35. The Morgan fingerprint density at radius 3 is 2.33 bits per heavy atom. The van der Waals surface area contributed by atoms with Crippen molar-refractivity contribution in [2.75, 3.05) is 5.73 Å². The van der Waals surface area contributed by atoms with Crippen molar-refractivity contribution in [3.05, 3.63) is 96.1 Å². The van der Waals surface area contributed by atoms with Crippen LogP contribution < -0.4 is 11.5 Å². The Kier molecular flexibility index (Phi) is 3.47. The summed E-state index contributed by atoms with van der Waals surface area (Å²) in [7, 11) is 0. The van der Waals surface area contributed by atoms with Gasteiger partial charge in [-0.2, -0.15) is 0 Å². The lowest BCUT2D eigenvalue weighted by Gasteiger charge is -2.30. The SMILES string of the molecule is Nc1ccc(C2=CCC(N)(c3cccc4ccccc34)C=C2)cc1. The number of rotatable bonds is 2. The molecule has 3 aromatic carbocycles. The maximum atomic E-state index is 6.76. The van der Waals surface area contributed by atoms with Crippen molar-refractivity contribution < 1.29 is 0 Å². The third-order valence-corrected chi connectivity index (χ3v) is 4.76.